The Bertz CT molecular complexity index is 393. The quantitative estimate of drug-likeness (QED) is 0.413. The lowest BCUT2D eigenvalue weighted by atomic mass is 10.0. The van der Waals surface area contributed by atoms with Gasteiger partial charge in [0.2, 0.25) is 0 Å². The van der Waals surface area contributed by atoms with Crippen LogP contribution >= 0.6 is 15.9 Å². The van der Waals surface area contributed by atoms with Gasteiger partial charge in [0.15, 0.2) is 5.78 Å². The predicted molar refractivity (Wildman–Crippen MR) is 80.4 cm³/mol. The van der Waals surface area contributed by atoms with E-state index in [0.29, 0.717) is 18.8 Å². The minimum Gasteiger partial charge on any atom is -0.491 e. The highest BCUT2D eigenvalue weighted by Crippen LogP contribution is 2.23. The van der Waals surface area contributed by atoms with E-state index in [2.05, 4.69) is 22.9 Å². The first kappa shape index (κ1) is 16.2. The normalized spacial score (nSPS) is 11.4. The molecule has 0 aliphatic heterocycles. The number of rotatable bonds is 8. The van der Waals surface area contributed by atoms with Crippen molar-refractivity contribution >= 4 is 21.7 Å². The van der Waals surface area contributed by atoms with Crippen molar-refractivity contribution in [2.24, 2.45) is 0 Å². The smallest absolute Gasteiger partial charge is 0.178 e. The summed E-state index contributed by atoms with van der Waals surface area (Å²) >= 11 is 3.37. The van der Waals surface area contributed by atoms with Crippen LogP contribution in [0.15, 0.2) is 24.3 Å². The fourth-order valence-electron chi connectivity index (χ4n) is 1.51. The molecule has 0 N–H and O–H groups in total. The number of ether oxygens (including phenoxy) is 2. The molecule has 0 unspecified atom stereocenters. The summed E-state index contributed by atoms with van der Waals surface area (Å²) in [7, 11) is 0. The first-order valence-electron chi connectivity index (χ1n) is 6.49. The summed E-state index contributed by atoms with van der Waals surface area (Å²) in [6.07, 6.45) is 1.01. The van der Waals surface area contributed by atoms with Crippen molar-refractivity contribution in [1.82, 2.24) is 0 Å². The molecule has 106 valence electrons. The summed E-state index contributed by atoms with van der Waals surface area (Å²) in [5.74, 6) is 0.814. The number of ketones is 1. The first-order chi connectivity index (χ1) is 8.95. The molecule has 4 heteroatoms. The molecule has 0 heterocycles. The van der Waals surface area contributed by atoms with E-state index in [1.165, 1.54) is 0 Å². The highest BCUT2D eigenvalue weighted by atomic mass is 79.9. The van der Waals surface area contributed by atoms with E-state index in [1.807, 2.05) is 26.0 Å². The molecule has 0 aliphatic carbocycles. The van der Waals surface area contributed by atoms with Gasteiger partial charge < -0.3 is 9.47 Å². The van der Waals surface area contributed by atoms with Crippen molar-refractivity contribution in [3.63, 3.8) is 0 Å². The van der Waals surface area contributed by atoms with Crippen LogP contribution in [0.4, 0.5) is 0 Å². The summed E-state index contributed by atoms with van der Waals surface area (Å²) in [5.41, 5.74) is 0.677. The highest BCUT2D eigenvalue weighted by molar-refractivity contribution is 9.10. The molecule has 0 fully saturated rings. The number of hydrogen-bond acceptors (Lipinski definition) is 3. The number of alkyl halides is 1. The number of Topliss-reactive ketones (excluding diaryl/α,β-unsaturated/α-hetero) is 1. The molecule has 0 radical (unpaired) electrons. The van der Waals surface area contributed by atoms with Crippen molar-refractivity contribution in [3.05, 3.63) is 29.8 Å². The van der Waals surface area contributed by atoms with Crippen molar-refractivity contribution in [3.8, 4) is 5.75 Å². The monoisotopic (exact) mass is 328 g/mol. The minimum atomic E-state index is -0.538. The Morgan fingerprint density at radius 3 is 2.32 bits per heavy atom. The topological polar surface area (TPSA) is 35.5 Å². The molecule has 0 amide bonds. The van der Waals surface area contributed by atoms with Gasteiger partial charge in [-0.1, -0.05) is 22.9 Å². The van der Waals surface area contributed by atoms with E-state index >= 15 is 0 Å². The lowest BCUT2D eigenvalue weighted by molar-refractivity contribution is 0.0960. The zero-order chi connectivity index (χ0) is 14.3. The Hall–Kier alpha value is -0.870. The van der Waals surface area contributed by atoms with Gasteiger partial charge in [0, 0.05) is 12.2 Å². The van der Waals surface area contributed by atoms with E-state index < -0.39 is 4.32 Å². The average Bonchev–Trinajstić information content (AvgIpc) is 2.37. The lowest BCUT2D eigenvalue weighted by Gasteiger charge is -2.14. The number of halogens is 1. The van der Waals surface area contributed by atoms with Gasteiger partial charge in [-0.25, -0.2) is 0 Å². The molecule has 0 bridgehead atoms. The Kier molecular flexibility index (Phi) is 6.52. The van der Waals surface area contributed by atoms with E-state index in [4.69, 9.17) is 9.47 Å². The van der Waals surface area contributed by atoms with Gasteiger partial charge in [-0.3, -0.25) is 4.79 Å². The standard InChI is InChI=1S/C15H21BrO3/c1-4-9-18-10-11-19-13-7-5-12(6-8-13)14(17)15(2,3)16/h5-8H,4,9-11H2,1-3H3. The Balaban J connectivity index is 2.46. The fraction of sp³-hybridized carbons (Fsp3) is 0.533. The molecule has 0 saturated carbocycles. The highest BCUT2D eigenvalue weighted by Gasteiger charge is 2.24. The molecular formula is C15H21BrO3. The minimum absolute atomic E-state index is 0.0605. The molecule has 1 rings (SSSR count). The van der Waals surface area contributed by atoms with E-state index in [0.717, 1.165) is 18.8 Å². The summed E-state index contributed by atoms with van der Waals surface area (Å²) in [5, 5.41) is 0. The number of hydrogen-bond donors (Lipinski definition) is 0. The molecule has 1 aromatic carbocycles. The van der Waals surface area contributed by atoms with Crippen LogP contribution in [-0.2, 0) is 4.74 Å². The van der Waals surface area contributed by atoms with Crippen molar-refractivity contribution in [1.29, 1.82) is 0 Å². The molecular weight excluding hydrogens is 308 g/mol. The zero-order valence-electron chi connectivity index (χ0n) is 11.7. The summed E-state index contributed by atoms with van der Waals surface area (Å²) in [6, 6.07) is 7.19. The van der Waals surface area contributed by atoms with Crippen LogP contribution in [-0.4, -0.2) is 29.9 Å². The maximum Gasteiger partial charge on any atom is 0.178 e. The lowest BCUT2D eigenvalue weighted by Crippen LogP contribution is -2.23. The number of carbonyl (C=O) groups excluding carboxylic acids is 1. The average molecular weight is 329 g/mol. The van der Waals surface area contributed by atoms with E-state index in [1.54, 1.807) is 12.1 Å². The third kappa shape index (κ3) is 5.74. The third-order valence-corrected chi connectivity index (χ3v) is 2.86. The van der Waals surface area contributed by atoms with Gasteiger partial charge in [0.25, 0.3) is 0 Å². The number of benzene rings is 1. The molecule has 0 aliphatic rings. The van der Waals surface area contributed by atoms with Gasteiger partial charge in [0.1, 0.15) is 12.4 Å². The van der Waals surface area contributed by atoms with Gasteiger partial charge in [-0.05, 0) is 44.5 Å². The predicted octanol–water partition coefficient (Wildman–Crippen LogP) is 3.85. The third-order valence-electron chi connectivity index (χ3n) is 2.50. The Morgan fingerprint density at radius 1 is 1.16 bits per heavy atom. The van der Waals surface area contributed by atoms with Crippen LogP contribution < -0.4 is 4.74 Å². The van der Waals surface area contributed by atoms with E-state index in [-0.39, 0.29) is 5.78 Å². The molecule has 1 aromatic rings. The largest absolute Gasteiger partial charge is 0.491 e. The van der Waals surface area contributed by atoms with Crippen LogP contribution in [0.3, 0.4) is 0 Å². The van der Waals surface area contributed by atoms with Gasteiger partial charge in [-0.15, -0.1) is 0 Å². The Labute approximate surface area is 123 Å². The fourth-order valence-corrected chi connectivity index (χ4v) is 1.74. The molecule has 0 saturated heterocycles. The van der Waals surface area contributed by atoms with Crippen molar-refractivity contribution in [2.45, 2.75) is 31.5 Å². The van der Waals surface area contributed by atoms with Crippen LogP contribution in [0.1, 0.15) is 37.6 Å². The molecule has 19 heavy (non-hydrogen) atoms. The van der Waals surface area contributed by atoms with Crippen LogP contribution in [0.2, 0.25) is 0 Å². The maximum atomic E-state index is 12.0. The van der Waals surface area contributed by atoms with Gasteiger partial charge >= 0.3 is 0 Å². The zero-order valence-corrected chi connectivity index (χ0v) is 13.3. The second kappa shape index (κ2) is 7.65. The first-order valence-corrected chi connectivity index (χ1v) is 7.28. The second-order valence-corrected chi connectivity index (χ2v) is 6.77. The Morgan fingerprint density at radius 2 is 1.79 bits per heavy atom. The summed E-state index contributed by atoms with van der Waals surface area (Å²) in [4.78, 5) is 12.0. The van der Waals surface area contributed by atoms with Gasteiger partial charge in [0.05, 0.1) is 10.9 Å². The molecule has 0 spiro atoms. The van der Waals surface area contributed by atoms with E-state index in [9.17, 15) is 4.79 Å². The second-order valence-electron chi connectivity index (χ2n) is 4.79. The van der Waals surface area contributed by atoms with Gasteiger partial charge in [-0.2, -0.15) is 0 Å². The maximum absolute atomic E-state index is 12.0. The van der Waals surface area contributed by atoms with Crippen LogP contribution in [0.5, 0.6) is 5.75 Å². The molecule has 3 nitrogen and oxygen atoms in total. The molecule has 0 aromatic heterocycles. The van der Waals surface area contributed by atoms with Crippen molar-refractivity contribution < 1.29 is 14.3 Å². The van der Waals surface area contributed by atoms with Crippen LogP contribution in [0.25, 0.3) is 0 Å². The summed E-state index contributed by atoms with van der Waals surface area (Å²) < 4.78 is 10.3. The van der Waals surface area contributed by atoms with Crippen LogP contribution in [0, 0.1) is 0 Å². The SMILES string of the molecule is CCCOCCOc1ccc(C(=O)C(C)(C)Br)cc1. The number of carbonyl (C=O) groups is 1. The molecule has 0 atom stereocenters. The summed E-state index contributed by atoms with van der Waals surface area (Å²) in [6.45, 7) is 7.62. The van der Waals surface area contributed by atoms with Crippen molar-refractivity contribution in [2.75, 3.05) is 19.8 Å².